The van der Waals surface area contributed by atoms with Crippen LogP contribution in [-0.2, 0) is 18.4 Å². The van der Waals surface area contributed by atoms with Gasteiger partial charge in [0.2, 0.25) is 0 Å². The van der Waals surface area contributed by atoms with Crippen LogP contribution in [0.2, 0.25) is 0 Å². The number of hydrogen-bond acceptors (Lipinski definition) is 4. The molecule has 1 heterocycles. The third kappa shape index (κ3) is 1.76. The molecule has 0 saturated heterocycles. The number of nitrogens with two attached hydrogens (primary N) is 2. The molecule has 4 N–H and O–H groups in total. The summed E-state index contributed by atoms with van der Waals surface area (Å²) in [5, 5.41) is 0. The lowest BCUT2D eigenvalue weighted by Crippen LogP contribution is -2.42. The zero-order chi connectivity index (χ0) is 12.8. The van der Waals surface area contributed by atoms with E-state index in [0.717, 1.165) is 23.4 Å². The van der Waals surface area contributed by atoms with Crippen LogP contribution >= 0.6 is 0 Å². The summed E-state index contributed by atoms with van der Waals surface area (Å²) in [6.45, 7) is 0. The maximum absolute atomic E-state index is 12.9. The van der Waals surface area contributed by atoms with E-state index in [-0.39, 0.29) is 11.8 Å². The second-order valence-corrected chi connectivity index (χ2v) is 4.76. The van der Waals surface area contributed by atoms with Gasteiger partial charge in [0.15, 0.2) is 0 Å². The molecule has 94 valence electrons. The smallest absolute Gasteiger partial charge is 0.292 e. The van der Waals surface area contributed by atoms with Crippen molar-refractivity contribution in [3.63, 3.8) is 0 Å². The van der Waals surface area contributed by atoms with Crippen LogP contribution in [-0.4, -0.2) is 4.98 Å². The van der Waals surface area contributed by atoms with Crippen LogP contribution in [0.4, 0.5) is 10.4 Å². The number of anilines is 1. The molecular formula is C13H14FN3O. The Bertz CT molecular complexity index is 578. The average Bonchev–Trinajstić information content (AvgIpc) is 2.69. The van der Waals surface area contributed by atoms with E-state index in [1.807, 2.05) is 0 Å². The van der Waals surface area contributed by atoms with E-state index in [1.54, 1.807) is 12.1 Å². The number of nitrogen functional groups attached to an aromatic ring is 1. The molecule has 0 radical (unpaired) electrons. The van der Waals surface area contributed by atoms with Crippen molar-refractivity contribution in [3.8, 4) is 0 Å². The first kappa shape index (κ1) is 11.2. The summed E-state index contributed by atoms with van der Waals surface area (Å²) >= 11 is 0. The Morgan fingerprint density at radius 2 is 2.00 bits per heavy atom. The normalized spacial score (nSPS) is 22.8. The SMILES string of the molecule is Nc1nc2c(o1)CCC(N)(c1ccc(F)cc1)C2. The predicted molar refractivity (Wildman–Crippen MR) is 65.2 cm³/mol. The molecule has 1 aliphatic carbocycles. The summed E-state index contributed by atoms with van der Waals surface area (Å²) in [4.78, 5) is 4.15. The number of fused-ring (bicyclic) bond motifs is 1. The summed E-state index contributed by atoms with van der Waals surface area (Å²) in [5.41, 5.74) is 13.1. The molecule has 3 rings (SSSR count). The maximum atomic E-state index is 12.9. The molecule has 0 saturated carbocycles. The predicted octanol–water partition coefficient (Wildman–Crippen LogP) is 1.74. The Balaban J connectivity index is 1.95. The van der Waals surface area contributed by atoms with Crippen LogP contribution in [0.1, 0.15) is 23.4 Å². The number of hydrogen-bond donors (Lipinski definition) is 2. The minimum atomic E-state index is -0.524. The number of oxazole rings is 1. The van der Waals surface area contributed by atoms with E-state index in [0.29, 0.717) is 12.8 Å². The first-order valence-electron chi connectivity index (χ1n) is 5.86. The third-order valence-corrected chi connectivity index (χ3v) is 3.49. The molecular weight excluding hydrogens is 233 g/mol. The second kappa shape index (κ2) is 3.81. The molecule has 5 heteroatoms. The van der Waals surface area contributed by atoms with Gasteiger partial charge in [0.05, 0.1) is 5.69 Å². The molecule has 0 bridgehead atoms. The Labute approximate surface area is 104 Å². The van der Waals surface area contributed by atoms with Crippen LogP contribution in [0.25, 0.3) is 0 Å². The summed E-state index contributed by atoms with van der Waals surface area (Å²) in [7, 11) is 0. The van der Waals surface area contributed by atoms with Gasteiger partial charge in [0.1, 0.15) is 11.6 Å². The van der Waals surface area contributed by atoms with Crippen molar-refractivity contribution in [1.82, 2.24) is 4.98 Å². The summed E-state index contributed by atoms with van der Waals surface area (Å²) in [6.07, 6.45) is 2.00. The Morgan fingerprint density at radius 3 is 2.72 bits per heavy atom. The van der Waals surface area contributed by atoms with Gasteiger partial charge in [-0.05, 0) is 24.1 Å². The van der Waals surface area contributed by atoms with Gasteiger partial charge in [0.25, 0.3) is 6.01 Å². The van der Waals surface area contributed by atoms with Crippen LogP contribution in [0, 0.1) is 5.82 Å². The first-order chi connectivity index (χ1) is 8.57. The van der Waals surface area contributed by atoms with E-state index in [4.69, 9.17) is 15.9 Å². The fraction of sp³-hybridized carbons (Fsp3) is 0.308. The van der Waals surface area contributed by atoms with E-state index in [1.165, 1.54) is 12.1 Å². The highest BCUT2D eigenvalue weighted by Crippen LogP contribution is 2.34. The van der Waals surface area contributed by atoms with Gasteiger partial charge < -0.3 is 15.9 Å². The van der Waals surface area contributed by atoms with E-state index in [9.17, 15) is 4.39 Å². The number of benzene rings is 1. The van der Waals surface area contributed by atoms with Gasteiger partial charge >= 0.3 is 0 Å². The van der Waals surface area contributed by atoms with Crippen molar-refractivity contribution < 1.29 is 8.81 Å². The van der Waals surface area contributed by atoms with Crippen LogP contribution in [0.3, 0.4) is 0 Å². The Kier molecular flexibility index (Phi) is 2.38. The Hall–Kier alpha value is -1.88. The van der Waals surface area contributed by atoms with Crippen molar-refractivity contribution in [2.75, 3.05) is 5.73 Å². The lowest BCUT2D eigenvalue weighted by Gasteiger charge is -2.32. The van der Waals surface area contributed by atoms with Crippen molar-refractivity contribution in [2.45, 2.75) is 24.8 Å². The standard InChI is InChI=1S/C13H14FN3O/c14-9-3-1-8(2-4-9)13(16)6-5-11-10(7-13)17-12(15)18-11/h1-4H,5-7,16H2,(H2,15,17). The number of nitrogens with zero attached hydrogens (tertiary/aromatic N) is 1. The first-order valence-corrected chi connectivity index (χ1v) is 5.86. The molecule has 1 atom stereocenters. The minimum absolute atomic E-state index is 0.184. The van der Waals surface area contributed by atoms with Gasteiger partial charge in [-0.25, -0.2) is 4.39 Å². The molecule has 1 aromatic heterocycles. The van der Waals surface area contributed by atoms with Gasteiger partial charge in [-0.1, -0.05) is 12.1 Å². The van der Waals surface area contributed by atoms with Crippen LogP contribution in [0.5, 0.6) is 0 Å². The minimum Gasteiger partial charge on any atom is -0.429 e. The van der Waals surface area contributed by atoms with Crippen molar-refractivity contribution in [2.24, 2.45) is 5.73 Å². The highest BCUT2D eigenvalue weighted by Gasteiger charge is 2.35. The van der Waals surface area contributed by atoms with Gasteiger partial charge in [-0.2, -0.15) is 4.98 Å². The zero-order valence-corrected chi connectivity index (χ0v) is 9.82. The molecule has 1 unspecified atom stereocenters. The maximum Gasteiger partial charge on any atom is 0.292 e. The number of aryl methyl sites for hydroxylation is 1. The molecule has 18 heavy (non-hydrogen) atoms. The largest absolute Gasteiger partial charge is 0.429 e. The summed E-state index contributed by atoms with van der Waals surface area (Å²) in [5.74, 6) is 0.556. The summed E-state index contributed by atoms with van der Waals surface area (Å²) in [6, 6.07) is 6.49. The zero-order valence-electron chi connectivity index (χ0n) is 9.82. The molecule has 0 spiro atoms. The lowest BCUT2D eigenvalue weighted by molar-refractivity contribution is 0.354. The fourth-order valence-electron chi connectivity index (χ4n) is 2.49. The fourth-order valence-corrected chi connectivity index (χ4v) is 2.49. The van der Waals surface area contributed by atoms with Gasteiger partial charge in [-0.3, -0.25) is 0 Å². The van der Waals surface area contributed by atoms with Crippen molar-refractivity contribution in [3.05, 3.63) is 47.1 Å². The van der Waals surface area contributed by atoms with E-state index >= 15 is 0 Å². The quantitative estimate of drug-likeness (QED) is 0.804. The molecule has 1 aliphatic rings. The van der Waals surface area contributed by atoms with Crippen LogP contribution in [0.15, 0.2) is 28.7 Å². The Morgan fingerprint density at radius 1 is 1.28 bits per heavy atom. The van der Waals surface area contributed by atoms with E-state index in [2.05, 4.69) is 4.98 Å². The highest BCUT2D eigenvalue weighted by atomic mass is 19.1. The summed E-state index contributed by atoms with van der Waals surface area (Å²) < 4.78 is 18.2. The molecule has 2 aromatic rings. The average molecular weight is 247 g/mol. The number of aromatic nitrogens is 1. The molecule has 1 aromatic carbocycles. The van der Waals surface area contributed by atoms with Crippen molar-refractivity contribution >= 4 is 6.01 Å². The molecule has 0 fully saturated rings. The third-order valence-electron chi connectivity index (χ3n) is 3.49. The van der Waals surface area contributed by atoms with Gasteiger partial charge in [0, 0.05) is 18.4 Å². The van der Waals surface area contributed by atoms with Crippen molar-refractivity contribution in [1.29, 1.82) is 0 Å². The second-order valence-electron chi connectivity index (χ2n) is 4.76. The van der Waals surface area contributed by atoms with Crippen LogP contribution < -0.4 is 11.5 Å². The molecule has 4 nitrogen and oxygen atoms in total. The van der Waals surface area contributed by atoms with Gasteiger partial charge in [-0.15, -0.1) is 0 Å². The highest BCUT2D eigenvalue weighted by molar-refractivity contribution is 5.32. The lowest BCUT2D eigenvalue weighted by atomic mass is 9.78. The molecule has 0 aliphatic heterocycles. The topological polar surface area (TPSA) is 78.1 Å². The number of rotatable bonds is 1. The van der Waals surface area contributed by atoms with E-state index < -0.39 is 5.54 Å². The molecule has 0 amide bonds. The monoisotopic (exact) mass is 247 g/mol. The number of halogens is 1.